The molecule has 8 nitrogen and oxygen atoms in total. The van der Waals surface area contributed by atoms with Gasteiger partial charge in [0.15, 0.2) is 0 Å². The molecule has 3 rings (SSSR count). The molecular formula is C24H37N5O3. The highest BCUT2D eigenvalue weighted by Crippen LogP contribution is 2.25. The third-order valence-corrected chi connectivity index (χ3v) is 6.05. The van der Waals surface area contributed by atoms with Gasteiger partial charge in [-0.15, -0.1) is 0 Å². The van der Waals surface area contributed by atoms with Crippen LogP contribution in [-0.2, 0) is 4.79 Å². The van der Waals surface area contributed by atoms with Gasteiger partial charge in [-0.25, -0.2) is 0 Å². The van der Waals surface area contributed by atoms with Gasteiger partial charge in [-0.05, 0) is 69.6 Å². The number of benzene rings is 1. The molecule has 0 aliphatic carbocycles. The highest BCUT2D eigenvalue weighted by atomic mass is 16.5. The fraction of sp³-hybridized carbons (Fsp3) is 0.625. The minimum atomic E-state index is -0.0533. The summed E-state index contributed by atoms with van der Waals surface area (Å²) in [5, 5.41) is 7.25. The van der Waals surface area contributed by atoms with Crippen LogP contribution in [0, 0.1) is 5.92 Å². The van der Waals surface area contributed by atoms with Crippen LogP contribution >= 0.6 is 0 Å². The Labute approximate surface area is 191 Å². The number of nitrogens with one attached hydrogen (secondary N) is 1. The number of piperidine rings is 1. The number of methoxy groups -OCH3 is 1. The number of ether oxygens (including phenoxy) is 1. The van der Waals surface area contributed by atoms with Crippen LogP contribution in [0.25, 0.3) is 11.4 Å². The molecule has 176 valence electrons. The second kappa shape index (κ2) is 12.4. The van der Waals surface area contributed by atoms with E-state index in [1.165, 1.54) is 12.8 Å². The van der Waals surface area contributed by atoms with Gasteiger partial charge < -0.3 is 24.4 Å². The fourth-order valence-electron chi connectivity index (χ4n) is 4.03. The summed E-state index contributed by atoms with van der Waals surface area (Å²) in [4.78, 5) is 21.7. The Kier molecular flexibility index (Phi) is 9.34. The molecule has 32 heavy (non-hydrogen) atoms. The SMILES string of the molecule is CCCCN(CC)CCCNC(=O)[C@@H]1CCCN(c2nc(-c3ccc(OC)cc3)no2)C1. The van der Waals surface area contributed by atoms with Crippen LogP contribution in [0.1, 0.15) is 46.0 Å². The smallest absolute Gasteiger partial charge is 0.324 e. The van der Waals surface area contributed by atoms with Crippen molar-refractivity contribution in [1.29, 1.82) is 0 Å². The molecule has 0 spiro atoms. The Morgan fingerprint density at radius 1 is 1.25 bits per heavy atom. The van der Waals surface area contributed by atoms with E-state index >= 15 is 0 Å². The van der Waals surface area contributed by atoms with Crippen LogP contribution in [0.15, 0.2) is 28.8 Å². The summed E-state index contributed by atoms with van der Waals surface area (Å²) in [5.74, 6) is 1.40. The minimum absolute atomic E-state index is 0.0533. The number of nitrogens with zero attached hydrogens (tertiary/aromatic N) is 4. The van der Waals surface area contributed by atoms with Crippen LogP contribution in [-0.4, -0.2) is 67.3 Å². The van der Waals surface area contributed by atoms with Crippen LogP contribution in [0.3, 0.4) is 0 Å². The van der Waals surface area contributed by atoms with Gasteiger partial charge in [0.2, 0.25) is 11.7 Å². The normalized spacial score (nSPS) is 16.4. The quantitative estimate of drug-likeness (QED) is 0.502. The van der Waals surface area contributed by atoms with Crippen molar-refractivity contribution in [2.75, 3.05) is 51.3 Å². The largest absolute Gasteiger partial charge is 0.497 e. The predicted octanol–water partition coefficient (Wildman–Crippen LogP) is 3.59. The second-order valence-corrected chi connectivity index (χ2v) is 8.35. The summed E-state index contributed by atoms with van der Waals surface area (Å²) in [5.41, 5.74) is 0.868. The van der Waals surface area contributed by atoms with Crippen LogP contribution < -0.4 is 15.0 Å². The van der Waals surface area contributed by atoms with E-state index in [2.05, 4.69) is 34.2 Å². The van der Waals surface area contributed by atoms with Crippen molar-refractivity contribution in [2.45, 2.75) is 46.0 Å². The van der Waals surface area contributed by atoms with Gasteiger partial charge in [0, 0.05) is 25.2 Å². The average molecular weight is 444 g/mol. The zero-order valence-electron chi connectivity index (χ0n) is 19.7. The number of carbonyl (C=O) groups excluding carboxylic acids is 1. The highest BCUT2D eigenvalue weighted by molar-refractivity contribution is 5.79. The first-order chi connectivity index (χ1) is 15.6. The van der Waals surface area contributed by atoms with Gasteiger partial charge in [0.25, 0.3) is 0 Å². The topological polar surface area (TPSA) is 83.7 Å². The lowest BCUT2D eigenvalue weighted by Crippen LogP contribution is -2.43. The van der Waals surface area contributed by atoms with E-state index in [4.69, 9.17) is 9.26 Å². The summed E-state index contributed by atoms with van der Waals surface area (Å²) in [6.07, 6.45) is 5.24. The van der Waals surface area contributed by atoms with E-state index in [9.17, 15) is 4.79 Å². The van der Waals surface area contributed by atoms with Crippen LogP contribution in [0.2, 0.25) is 0 Å². The molecule has 0 saturated carbocycles. The first-order valence-corrected chi connectivity index (χ1v) is 11.9. The van der Waals surface area contributed by atoms with Gasteiger partial charge in [0.1, 0.15) is 5.75 Å². The lowest BCUT2D eigenvalue weighted by Gasteiger charge is -2.30. The number of carbonyl (C=O) groups is 1. The molecular weight excluding hydrogens is 406 g/mol. The standard InChI is InChI=1S/C24H37N5O3/c1-4-6-15-28(5-2)16-8-14-25-23(30)20-9-7-17-29(18-20)24-26-22(27-32-24)19-10-12-21(31-3)13-11-19/h10-13,20H,4-9,14-18H2,1-3H3,(H,25,30)/t20-/m1/s1. The van der Waals surface area contributed by atoms with Gasteiger partial charge in [-0.1, -0.05) is 25.4 Å². The Morgan fingerprint density at radius 3 is 2.75 bits per heavy atom. The first-order valence-electron chi connectivity index (χ1n) is 11.9. The number of rotatable bonds is 12. The van der Waals surface area contributed by atoms with Gasteiger partial charge >= 0.3 is 6.01 Å². The molecule has 8 heteroatoms. The van der Waals surface area contributed by atoms with Crippen molar-refractivity contribution in [1.82, 2.24) is 20.4 Å². The Balaban J connectivity index is 1.47. The molecule has 1 N–H and O–H groups in total. The van der Waals surface area contributed by atoms with Gasteiger partial charge in [-0.3, -0.25) is 4.79 Å². The molecule has 2 heterocycles. The van der Waals surface area contributed by atoms with Crippen molar-refractivity contribution in [2.24, 2.45) is 5.92 Å². The molecule has 0 bridgehead atoms. The summed E-state index contributed by atoms with van der Waals surface area (Å²) in [6, 6.07) is 8.03. The maximum absolute atomic E-state index is 12.7. The maximum atomic E-state index is 12.7. The Hall–Kier alpha value is -2.61. The number of aromatic nitrogens is 2. The van der Waals surface area contributed by atoms with Crippen LogP contribution in [0.5, 0.6) is 5.75 Å². The monoisotopic (exact) mass is 443 g/mol. The number of anilines is 1. The van der Waals surface area contributed by atoms with Gasteiger partial charge in [0.05, 0.1) is 13.0 Å². The number of unbranched alkanes of at least 4 members (excludes halogenated alkanes) is 1. The lowest BCUT2D eigenvalue weighted by molar-refractivity contribution is -0.125. The van der Waals surface area contributed by atoms with E-state index in [0.29, 0.717) is 18.4 Å². The van der Waals surface area contributed by atoms with Crippen molar-refractivity contribution in [3.8, 4) is 17.1 Å². The summed E-state index contributed by atoms with van der Waals surface area (Å²) < 4.78 is 10.7. The molecule has 1 atom stereocenters. The molecule has 1 aliphatic heterocycles. The Morgan fingerprint density at radius 2 is 2.03 bits per heavy atom. The van der Waals surface area contributed by atoms with Gasteiger partial charge in [-0.2, -0.15) is 4.98 Å². The molecule has 1 saturated heterocycles. The third kappa shape index (κ3) is 6.69. The number of hydrogen-bond acceptors (Lipinski definition) is 7. The highest BCUT2D eigenvalue weighted by Gasteiger charge is 2.28. The minimum Gasteiger partial charge on any atom is -0.497 e. The zero-order valence-corrected chi connectivity index (χ0v) is 19.7. The first kappa shape index (κ1) is 24.0. The third-order valence-electron chi connectivity index (χ3n) is 6.05. The summed E-state index contributed by atoms with van der Waals surface area (Å²) in [6.45, 7) is 9.79. The molecule has 1 fully saturated rings. The lowest BCUT2D eigenvalue weighted by atomic mass is 9.97. The molecule has 0 radical (unpaired) electrons. The molecule has 1 amide bonds. The van der Waals surface area contributed by atoms with Crippen LogP contribution in [0.4, 0.5) is 6.01 Å². The average Bonchev–Trinajstić information content (AvgIpc) is 3.34. The van der Waals surface area contributed by atoms with E-state index in [0.717, 1.165) is 63.3 Å². The van der Waals surface area contributed by atoms with Crippen molar-refractivity contribution >= 4 is 11.9 Å². The fourth-order valence-corrected chi connectivity index (χ4v) is 4.03. The molecule has 0 unspecified atom stereocenters. The molecule has 2 aromatic rings. The van der Waals surface area contributed by atoms with Crippen molar-refractivity contribution in [3.63, 3.8) is 0 Å². The summed E-state index contributed by atoms with van der Waals surface area (Å²) in [7, 11) is 1.64. The van der Waals surface area contributed by atoms with Crippen molar-refractivity contribution in [3.05, 3.63) is 24.3 Å². The van der Waals surface area contributed by atoms with E-state index in [1.807, 2.05) is 29.2 Å². The van der Waals surface area contributed by atoms with E-state index < -0.39 is 0 Å². The molecule has 1 aromatic heterocycles. The molecule has 1 aliphatic rings. The molecule has 1 aromatic carbocycles. The van der Waals surface area contributed by atoms with E-state index in [1.54, 1.807) is 7.11 Å². The Bertz CT molecular complexity index is 823. The maximum Gasteiger partial charge on any atom is 0.324 e. The second-order valence-electron chi connectivity index (χ2n) is 8.35. The van der Waals surface area contributed by atoms with E-state index in [-0.39, 0.29) is 11.8 Å². The zero-order chi connectivity index (χ0) is 22.8. The summed E-state index contributed by atoms with van der Waals surface area (Å²) >= 11 is 0. The predicted molar refractivity (Wildman–Crippen MR) is 126 cm³/mol. The van der Waals surface area contributed by atoms with Crippen molar-refractivity contribution < 1.29 is 14.1 Å². The number of hydrogen-bond donors (Lipinski definition) is 1. The number of amides is 1.